The van der Waals surface area contributed by atoms with Gasteiger partial charge in [0.05, 0.1) is 5.56 Å². The molecule has 3 aromatic rings. The van der Waals surface area contributed by atoms with E-state index in [1.807, 2.05) is 0 Å². The first-order valence-corrected chi connectivity index (χ1v) is 11.6. The molecular formula is C29H34N+. The topological polar surface area (TPSA) is 3.88 Å². The van der Waals surface area contributed by atoms with Gasteiger partial charge in [-0.25, -0.2) is 4.57 Å². The fourth-order valence-corrected chi connectivity index (χ4v) is 5.88. The second-order valence-electron chi connectivity index (χ2n) is 10.5. The van der Waals surface area contributed by atoms with Crippen LogP contribution in [0.15, 0.2) is 48.7 Å². The molecule has 1 heterocycles. The number of nitrogens with zero attached hydrogens (tertiary/aromatic N) is 1. The molecule has 0 N–H and O–H groups in total. The van der Waals surface area contributed by atoms with Crippen LogP contribution in [0, 0.1) is 19.3 Å². The van der Waals surface area contributed by atoms with Crippen molar-refractivity contribution in [2.24, 2.45) is 12.5 Å². The minimum absolute atomic E-state index is 0.509. The van der Waals surface area contributed by atoms with Crippen LogP contribution in [0.4, 0.5) is 0 Å². The average molecular weight is 397 g/mol. The second kappa shape index (κ2) is 7.08. The molecule has 2 aliphatic rings. The lowest BCUT2D eigenvalue weighted by Crippen LogP contribution is -2.33. The average Bonchev–Trinajstić information content (AvgIpc) is 3.08. The summed E-state index contributed by atoms with van der Waals surface area (Å²) in [6, 6.07) is 16.1. The van der Waals surface area contributed by atoms with Crippen LogP contribution in [-0.4, -0.2) is 0 Å². The van der Waals surface area contributed by atoms with Gasteiger partial charge in [0.1, 0.15) is 7.05 Å². The zero-order valence-corrected chi connectivity index (χ0v) is 19.2. The van der Waals surface area contributed by atoms with Gasteiger partial charge < -0.3 is 0 Å². The van der Waals surface area contributed by atoms with Crippen molar-refractivity contribution >= 4 is 0 Å². The smallest absolute Gasteiger partial charge is 0.201 e. The van der Waals surface area contributed by atoms with Gasteiger partial charge in [-0.3, -0.25) is 0 Å². The molecule has 0 radical (unpaired) electrons. The molecule has 0 atom stereocenters. The number of pyridine rings is 1. The molecule has 1 fully saturated rings. The lowest BCUT2D eigenvalue weighted by Gasteiger charge is -2.35. The highest BCUT2D eigenvalue weighted by atomic mass is 14.9. The van der Waals surface area contributed by atoms with Gasteiger partial charge in [0.15, 0.2) is 6.20 Å². The van der Waals surface area contributed by atoms with E-state index in [0.717, 1.165) is 6.42 Å². The predicted molar refractivity (Wildman–Crippen MR) is 126 cm³/mol. The van der Waals surface area contributed by atoms with Gasteiger partial charge in [0.2, 0.25) is 5.69 Å². The van der Waals surface area contributed by atoms with Crippen LogP contribution in [-0.2, 0) is 13.5 Å². The summed E-state index contributed by atoms with van der Waals surface area (Å²) in [4.78, 5) is 0. The van der Waals surface area contributed by atoms with E-state index in [2.05, 4.69) is 88.0 Å². The van der Waals surface area contributed by atoms with Crippen molar-refractivity contribution in [3.05, 3.63) is 76.5 Å². The van der Waals surface area contributed by atoms with E-state index in [1.54, 1.807) is 5.56 Å². The lowest BCUT2D eigenvalue weighted by atomic mass is 9.70. The van der Waals surface area contributed by atoms with E-state index < -0.39 is 0 Å². The molecule has 5 rings (SSSR count). The molecule has 30 heavy (non-hydrogen) atoms. The molecule has 2 aromatic carbocycles. The lowest BCUT2D eigenvalue weighted by molar-refractivity contribution is -0.660. The number of rotatable bonds is 2. The van der Waals surface area contributed by atoms with E-state index in [-0.39, 0.29) is 0 Å². The van der Waals surface area contributed by atoms with Gasteiger partial charge in [-0.1, -0.05) is 50.2 Å². The van der Waals surface area contributed by atoms with Crippen LogP contribution in [0.1, 0.15) is 73.3 Å². The van der Waals surface area contributed by atoms with Crippen molar-refractivity contribution in [1.82, 2.24) is 0 Å². The molecule has 1 heteroatoms. The number of aromatic nitrogens is 1. The molecule has 1 saturated carbocycles. The summed E-state index contributed by atoms with van der Waals surface area (Å²) in [5.74, 6) is 0.701. The molecule has 0 unspecified atom stereocenters. The number of hydrogen-bond donors (Lipinski definition) is 0. The normalized spacial score (nSPS) is 17.6. The summed E-state index contributed by atoms with van der Waals surface area (Å²) < 4.78 is 2.36. The maximum atomic E-state index is 2.53. The fraction of sp³-hybridized carbons (Fsp3) is 0.414. The third kappa shape index (κ3) is 3.20. The monoisotopic (exact) mass is 396 g/mol. The third-order valence-electron chi connectivity index (χ3n) is 7.75. The summed E-state index contributed by atoms with van der Waals surface area (Å²) >= 11 is 0. The molecule has 0 bridgehead atoms. The first-order chi connectivity index (χ1) is 14.3. The largest absolute Gasteiger partial charge is 0.213 e. The van der Waals surface area contributed by atoms with Crippen LogP contribution in [0.25, 0.3) is 22.4 Å². The standard InChI is InChI=1S/C29H34N/c1-19-10-11-24-23-9-7-6-8-22(23)16-26(24)28(19)27-17-25(20(2)18-30(27)5)21-12-14-29(3,4)15-13-21/h6-11,17-18,21H,12-16H2,1-5H3/q+1. The Bertz CT molecular complexity index is 1130. The molecule has 0 aliphatic heterocycles. The van der Waals surface area contributed by atoms with Crippen LogP contribution in [0.3, 0.4) is 0 Å². The SMILES string of the molecule is Cc1c[n+](C)c(-c2c(C)ccc3c2Cc2ccccc2-3)cc1C1CCC(C)(C)CC1. The van der Waals surface area contributed by atoms with Gasteiger partial charge in [0.25, 0.3) is 0 Å². The van der Waals surface area contributed by atoms with Crippen LogP contribution in [0.2, 0.25) is 0 Å². The molecule has 154 valence electrons. The maximum Gasteiger partial charge on any atom is 0.213 e. The zero-order chi connectivity index (χ0) is 21.0. The molecule has 1 nitrogen and oxygen atoms in total. The van der Waals surface area contributed by atoms with Crippen molar-refractivity contribution in [1.29, 1.82) is 0 Å². The fourth-order valence-electron chi connectivity index (χ4n) is 5.88. The van der Waals surface area contributed by atoms with E-state index in [4.69, 9.17) is 0 Å². The predicted octanol–water partition coefficient (Wildman–Crippen LogP) is 7.05. The van der Waals surface area contributed by atoms with Crippen LogP contribution >= 0.6 is 0 Å². The Morgan fingerprint density at radius 2 is 1.63 bits per heavy atom. The zero-order valence-electron chi connectivity index (χ0n) is 19.2. The Hall–Kier alpha value is -2.41. The van der Waals surface area contributed by atoms with Crippen molar-refractivity contribution in [2.45, 2.75) is 65.7 Å². The minimum Gasteiger partial charge on any atom is -0.201 e. The summed E-state index contributed by atoms with van der Waals surface area (Å²) in [5, 5.41) is 0. The first kappa shape index (κ1) is 19.5. The highest BCUT2D eigenvalue weighted by Crippen LogP contribution is 2.45. The third-order valence-corrected chi connectivity index (χ3v) is 7.75. The molecule has 1 aromatic heterocycles. The highest BCUT2D eigenvalue weighted by Gasteiger charge is 2.31. The number of hydrogen-bond acceptors (Lipinski definition) is 0. The molecule has 0 saturated heterocycles. The van der Waals surface area contributed by atoms with Crippen molar-refractivity contribution < 1.29 is 4.57 Å². The van der Waals surface area contributed by atoms with Gasteiger partial charge in [-0.05, 0) is 90.7 Å². The summed E-state index contributed by atoms with van der Waals surface area (Å²) in [6.07, 6.45) is 8.72. The van der Waals surface area contributed by atoms with Gasteiger partial charge >= 0.3 is 0 Å². The first-order valence-electron chi connectivity index (χ1n) is 11.6. The molecule has 0 amide bonds. The number of fused-ring (bicyclic) bond motifs is 3. The quantitative estimate of drug-likeness (QED) is 0.320. The van der Waals surface area contributed by atoms with Crippen molar-refractivity contribution in [3.8, 4) is 22.4 Å². The summed E-state index contributed by atoms with van der Waals surface area (Å²) in [7, 11) is 2.22. The number of aryl methyl sites for hydroxylation is 3. The van der Waals surface area contributed by atoms with Gasteiger partial charge in [0, 0.05) is 11.6 Å². The van der Waals surface area contributed by atoms with Gasteiger partial charge in [-0.15, -0.1) is 0 Å². The Morgan fingerprint density at radius 3 is 2.40 bits per heavy atom. The Kier molecular flexibility index (Phi) is 4.61. The Labute approximate surface area is 181 Å². The Balaban J connectivity index is 1.62. The van der Waals surface area contributed by atoms with Crippen molar-refractivity contribution in [3.63, 3.8) is 0 Å². The second-order valence-corrected chi connectivity index (χ2v) is 10.5. The van der Waals surface area contributed by atoms with Crippen molar-refractivity contribution in [2.75, 3.05) is 0 Å². The Morgan fingerprint density at radius 1 is 0.900 bits per heavy atom. The maximum absolute atomic E-state index is 2.53. The van der Waals surface area contributed by atoms with E-state index in [1.165, 1.54) is 70.3 Å². The van der Waals surface area contributed by atoms with E-state index >= 15 is 0 Å². The summed E-state index contributed by atoms with van der Waals surface area (Å²) in [5.41, 5.74) is 13.5. The highest BCUT2D eigenvalue weighted by molar-refractivity contribution is 5.85. The molecular weight excluding hydrogens is 362 g/mol. The van der Waals surface area contributed by atoms with Crippen LogP contribution in [0.5, 0.6) is 0 Å². The van der Waals surface area contributed by atoms with E-state index in [9.17, 15) is 0 Å². The molecule has 2 aliphatic carbocycles. The molecule has 0 spiro atoms. The minimum atomic E-state index is 0.509. The van der Waals surface area contributed by atoms with Gasteiger partial charge in [-0.2, -0.15) is 0 Å². The van der Waals surface area contributed by atoms with E-state index in [0.29, 0.717) is 11.3 Å². The summed E-state index contributed by atoms with van der Waals surface area (Å²) in [6.45, 7) is 9.44. The number of benzene rings is 2. The van der Waals surface area contributed by atoms with Crippen LogP contribution < -0.4 is 4.57 Å².